The zero-order valence-corrected chi connectivity index (χ0v) is 12.0. The van der Waals surface area contributed by atoms with E-state index in [-0.39, 0.29) is 0 Å². The molecule has 3 heterocycles. The van der Waals surface area contributed by atoms with Crippen molar-refractivity contribution in [2.24, 2.45) is 0 Å². The van der Waals surface area contributed by atoms with E-state index in [9.17, 15) is 0 Å². The number of hydrogen-bond acceptors (Lipinski definition) is 4. The minimum absolute atomic E-state index is 0.691. The second-order valence-corrected chi connectivity index (χ2v) is 5.90. The first kappa shape index (κ1) is 11.4. The normalized spacial score (nSPS) is 13.7. The van der Waals surface area contributed by atoms with E-state index in [0.717, 1.165) is 27.5 Å². The Balaban J connectivity index is 2.20. The minimum atomic E-state index is 0.691. The lowest BCUT2D eigenvalue weighted by Gasteiger charge is -2.05. The van der Waals surface area contributed by atoms with Crippen molar-refractivity contribution >= 4 is 39.9 Å². The number of fused-ring (bicyclic) bond motifs is 1. The Kier molecular flexibility index (Phi) is 3.02. The Morgan fingerprint density at radius 3 is 3.12 bits per heavy atom. The molecule has 6 heteroatoms. The monoisotopic (exact) mass is 325 g/mol. The van der Waals surface area contributed by atoms with E-state index < -0.39 is 0 Å². The van der Waals surface area contributed by atoms with Gasteiger partial charge in [-0.3, -0.25) is 4.98 Å². The van der Waals surface area contributed by atoms with Crippen molar-refractivity contribution in [3.63, 3.8) is 0 Å². The molecule has 0 bridgehead atoms. The number of nitrogens with one attached hydrogen (secondary N) is 1. The third-order valence-corrected chi connectivity index (χ3v) is 4.54. The van der Waals surface area contributed by atoms with Gasteiger partial charge in [-0.1, -0.05) is 12.2 Å². The van der Waals surface area contributed by atoms with E-state index in [2.05, 4.69) is 30.9 Å². The fraction of sp³-hybridized carbons (Fsp3) is 0.182. The lowest BCUT2D eigenvalue weighted by Crippen LogP contribution is -1.99. The number of thioether (sulfide) groups is 1. The Hall–Kier alpha value is -0.720. The highest BCUT2D eigenvalue weighted by atomic mass is 79.9. The fourth-order valence-corrected chi connectivity index (χ4v) is 3.63. The van der Waals surface area contributed by atoms with Gasteiger partial charge in [0.1, 0.15) is 10.3 Å². The molecule has 0 unspecified atom stereocenters. The number of H-pyrrole nitrogens is 1. The first-order valence-corrected chi connectivity index (χ1v) is 7.42. The van der Waals surface area contributed by atoms with Crippen LogP contribution < -0.4 is 0 Å². The third kappa shape index (κ3) is 2.05. The highest BCUT2D eigenvalue weighted by Crippen LogP contribution is 2.31. The Bertz CT molecular complexity index is 639. The van der Waals surface area contributed by atoms with Gasteiger partial charge >= 0.3 is 0 Å². The number of nitrogens with zero attached hydrogens (tertiary/aromatic N) is 2. The summed E-state index contributed by atoms with van der Waals surface area (Å²) in [7, 11) is 0. The number of hydrogen-bond donors (Lipinski definition) is 1. The molecular formula is C11H8BrN3S2. The van der Waals surface area contributed by atoms with Gasteiger partial charge in [-0.05, 0) is 28.1 Å². The van der Waals surface area contributed by atoms with E-state index in [1.807, 2.05) is 23.9 Å². The number of aromatic nitrogens is 3. The van der Waals surface area contributed by atoms with Gasteiger partial charge in [0.25, 0.3) is 0 Å². The van der Waals surface area contributed by atoms with Crippen LogP contribution in [0.2, 0.25) is 0 Å². The lowest BCUT2D eigenvalue weighted by molar-refractivity contribution is 1.04. The molecule has 0 saturated heterocycles. The Morgan fingerprint density at radius 1 is 1.41 bits per heavy atom. The molecule has 1 aliphatic heterocycles. The van der Waals surface area contributed by atoms with Gasteiger partial charge in [0.2, 0.25) is 0 Å². The predicted octanol–water partition coefficient (Wildman–Crippen LogP) is 3.71. The number of halogens is 1. The molecule has 2 aromatic rings. The van der Waals surface area contributed by atoms with Crippen molar-refractivity contribution in [3.8, 4) is 11.5 Å². The van der Waals surface area contributed by atoms with Gasteiger partial charge in [0.05, 0.1) is 0 Å². The maximum Gasteiger partial charge on any atom is 0.159 e. The molecule has 1 N–H and O–H groups in total. The first-order valence-electron chi connectivity index (χ1n) is 5.06. The quantitative estimate of drug-likeness (QED) is 0.811. The number of aromatic amines is 1. The van der Waals surface area contributed by atoms with Gasteiger partial charge < -0.3 is 4.98 Å². The second kappa shape index (κ2) is 4.51. The average molecular weight is 326 g/mol. The highest BCUT2D eigenvalue weighted by Gasteiger charge is 2.17. The lowest BCUT2D eigenvalue weighted by atomic mass is 10.2. The molecular weight excluding hydrogens is 318 g/mol. The van der Waals surface area contributed by atoms with Crippen molar-refractivity contribution in [2.45, 2.75) is 11.5 Å². The summed E-state index contributed by atoms with van der Waals surface area (Å²) in [6.07, 6.45) is 1.75. The molecule has 0 aromatic carbocycles. The topological polar surface area (TPSA) is 41.6 Å². The van der Waals surface area contributed by atoms with E-state index in [0.29, 0.717) is 4.64 Å². The molecule has 0 amide bonds. The molecule has 1 aliphatic rings. The van der Waals surface area contributed by atoms with Crippen LogP contribution in [0, 0.1) is 4.64 Å². The van der Waals surface area contributed by atoms with Gasteiger partial charge in [0, 0.05) is 33.4 Å². The SMILES string of the molecule is S=c1nc(-c2ncccc2Br)[nH]c2c1CSC2. The van der Waals surface area contributed by atoms with Crippen LogP contribution in [0.5, 0.6) is 0 Å². The molecule has 0 saturated carbocycles. The fourth-order valence-electron chi connectivity index (χ4n) is 1.74. The first-order chi connectivity index (χ1) is 8.25. The van der Waals surface area contributed by atoms with Crippen LogP contribution >= 0.6 is 39.9 Å². The van der Waals surface area contributed by atoms with Crippen LogP contribution in [0.15, 0.2) is 22.8 Å². The summed E-state index contributed by atoms with van der Waals surface area (Å²) in [5.74, 6) is 2.67. The molecule has 86 valence electrons. The molecule has 0 fully saturated rings. The maximum atomic E-state index is 5.32. The highest BCUT2D eigenvalue weighted by molar-refractivity contribution is 9.10. The van der Waals surface area contributed by atoms with E-state index >= 15 is 0 Å². The number of rotatable bonds is 1. The van der Waals surface area contributed by atoms with Crippen molar-refractivity contribution in [1.29, 1.82) is 0 Å². The van der Waals surface area contributed by atoms with Gasteiger partial charge in [-0.25, -0.2) is 4.98 Å². The summed E-state index contributed by atoms with van der Waals surface area (Å²) in [4.78, 5) is 12.1. The molecule has 0 aliphatic carbocycles. The van der Waals surface area contributed by atoms with Crippen molar-refractivity contribution in [3.05, 3.63) is 38.7 Å². The molecule has 0 radical (unpaired) electrons. The largest absolute Gasteiger partial charge is 0.341 e. The summed E-state index contributed by atoms with van der Waals surface area (Å²) in [6.45, 7) is 0. The van der Waals surface area contributed by atoms with Crippen LogP contribution in [0.1, 0.15) is 11.3 Å². The standard InChI is InChI=1S/C11H8BrN3S2/c12-7-2-1-3-13-9(7)10-14-8-5-17-4-6(8)11(16)15-10/h1-3H,4-5H2,(H,14,15,16). The van der Waals surface area contributed by atoms with Crippen molar-refractivity contribution < 1.29 is 0 Å². The van der Waals surface area contributed by atoms with Crippen LogP contribution in [-0.2, 0) is 11.5 Å². The van der Waals surface area contributed by atoms with Crippen molar-refractivity contribution in [2.75, 3.05) is 0 Å². The zero-order chi connectivity index (χ0) is 11.8. The van der Waals surface area contributed by atoms with Crippen molar-refractivity contribution in [1.82, 2.24) is 15.0 Å². The summed E-state index contributed by atoms with van der Waals surface area (Å²) in [6, 6.07) is 3.83. The van der Waals surface area contributed by atoms with Gasteiger partial charge in [0.15, 0.2) is 5.82 Å². The maximum absolute atomic E-state index is 5.32. The second-order valence-electron chi connectivity index (χ2n) is 3.67. The molecule has 3 nitrogen and oxygen atoms in total. The Labute approximate surface area is 116 Å². The van der Waals surface area contributed by atoms with Gasteiger partial charge in [-0.2, -0.15) is 11.8 Å². The zero-order valence-electron chi connectivity index (χ0n) is 8.74. The van der Waals surface area contributed by atoms with E-state index in [1.165, 1.54) is 11.3 Å². The summed E-state index contributed by atoms with van der Waals surface area (Å²) < 4.78 is 1.61. The van der Waals surface area contributed by atoms with Crippen LogP contribution in [0.25, 0.3) is 11.5 Å². The van der Waals surface area contributed by atoms with Crippen LogP contribution in [0.4, 0.5) is 0 Å². The average Bonchev–Trinajstić information content (AvgIpc) is 2.78. The number of pyridine rings is 1. The summed E-state index contributed by atoms with van der Waals surface area (Å²) >= 11 is 10.7. The minimum Gasteiger partial charge on any atom is -0.341 e. The van der Waals surface area contributed by atoms with Crippen LogP contribution in [-0.4, -0.2) is 15.0 Å². The molecule has 3 rings (SSSR count). The smallest absolute Gasteiger partial charge is 0.159 e. The molecule has 2 aromatic heterocycles. The summed E-state index contributed by atoms with van der Waals surface area (Å²) in [5, 5.41) is 0. The molecule has 0 spiro atoms. The van der Waals surface area contributed by atoms with Crippen LogP contribution in [0.3, 0.4) is 0 Å². The van der Waals surface area contributed by atoms with Gasteiger partial charge in [-0.15, -0.1) is 0 Å². The third-order valence-electron chi connectivity index (χ3n) is 2.58. The molecule has 17 heavy (non-hydrogen) atoms. The van der Waals surface area contributed by atoms with E-state index in [1.54, 1.807) is 6.20 Å². The summed E-state index contributed by atoms with van der Waals surface area (Å²) in [5.41, 5.74) is 3.15. The van der Waals surface area contributed by atoms with E-state index in [4.69, 9.17) is 12.2 Å². The predicted molar refractivity (Wildman–Crippen MR) is 75.4 cm³/mol. The molecule has 0 atom stereocenters. The Morgan fingerprint density at radius 2 is 2.29 bits per heavy atom.